The summed E-state index contributed by atoms with van der Waals surface area (Å²) in [6, 6.07) is 14.8. The van der Waals surface area contributed by atoms with Gasteiger partial charge in [0.25, 0.3) is 32.1 Å². The first-order valence-electron chi connectivity index (χ1n) is 21.8. The Morgan fingerprint density at radius 2 is 0.929 bits per heavy atom. The Morgan fingerprint density at radius 1 is 0.557 bits per heavy atom. The van der Waals surface area contributed by atoms with Crippen LogP contribution in [0.25, 0.3) is 12.2 Å². The van der Waals surface area contributed by atoms with Crippen molar-refractivity contribution in [1.29, 1.82) is 0 Å². The first-order valence-corrected chi connectivity index (χ1v) is 27.6. The molecule has 0 atom stereocenters. The minimum absolute atomic E-state index is 0.0934. The second-order valence-corrected chi connectivity index (χ2v) is 22.0. The van der Waals surface area contributed by atoms with Crippen LogP contribution < -0.4 is 21.3 Å². The molecule has 2 heterocycles. The molecule has 380 valence electrons. The average Bonchev–Trinajstić information content (AvgIpc) is 3.34. The fourth-order valence-electron chi connectivity index (χ4n) is 7.24. The van der Waals surface area contributed by atoms with Gasteiger partial charge in [-0.25, -0.2) is 16.8 Å². The number of nitrogens with one attached hydrogen (secondary N) is 4. The van der Waals surface area contributed by atoms with E-state index in [-0.39, 0.29) is 134 Å². The van der Waals surface area contributed by atoms with Gasteiger partial charge in [0.1, 0.15) is 19.6 Å². The first-order chi connectivity index (χ1) is 33.2. The second kappa shape index (κ2) is 23.7. The van der Waals surface area contributed by atoms with Crippen LogP contribution in [0.5, 0.6) is 0 Å². The number of carbonyl (C=O) groups excluding carboxylic acids is 2. The highest BCUT2D eigenvalue weighted by molar-refractivity contribution is 7.89. The fourth-order valence-corrected chi connectivity index (χ4v) is 11.9. The van der Waals surface area contributed by atoms with Crippen molar-refractivity contribution in [3.05, 3.63) is 95.1 Å². The lowest BCUT2D eigenvalue weighted by Gasteiger charge is -2.27. The lowest BCUT2D eigenvalue weighted by Crippen LogP contribution is -2.41. The number of sulfonamides is 2. The third-order valence-corrected chi connectivity index (χ3v) is 16.4. The van der Waals surface area contributed by atoms with Gasteiger partial charge in [0, 0.05) is 75.0 Å². The molecule has 2 fully saturated rings. The number of anilines is 4. The second-order valence-electron chi connectivity index (χ2n) is 15.4. The molecule has 26 heteroatoms. The van der Waals surface area contributed by atoms with Gasteiger partial charge in [0.2, 0.25) is 20.0 Å². The van der Waals surface area contributed by atoms with Crippen molar-refractivity contribution < 1.29 is 71.3 Å². The highest BCUT2D eigenvalue weighted by Crippen LogP contribution is 2.31. The van der Waals surface area contributed by atoms with Crippen LogP contribution in [0.4, 0.5) is 22.7 Å². The Balaban J connectivity index is 1.24. The van der Waals surface area contributed by atoms with Gasteiger partial charge in [-0.3, -0.25) is 18.7 Å². The van der Waals surface area contributed by atoms with Crippen molar-refractivity contribution in [2.75, 3.05) is 113 Å². The van der Waals surface area contributed by atoms with Crippen LogP contribution in [0.1, 0.15) is 45.7 Å². The number of carbonyl (C=O) groups is 2. The fraction of sp³-hybridized carbons (Fsp3) is 0.364. The van der Waals surface area contributed by atoms with Crippen LogP contribution in [0.3, 0.4) is 0 Å². The molecule has 2 saturated heterocycles. The van der Waals surface area contributed by atoms with Crippen molar-refractivity contribution in [2.24, 2.45) is 0 Å². The number of morpholine rings is 2. The molecule has 22 nitrogen and oxygen atoms in total. The Hall–Kier alpha value is -5.36. The molecule has 0 unspecified atom stereocenters. The maximum Gasteiger partial charge on any atom is 0.295 e. The van der Waals surface area contributed by atoms with Crippen molar-refractivity contribution in [2.45, 2.75) is 33.4 Å². The van der Waals surface area contributed by atoms with Gasteiger partial charge in [-0.15, -0.1) is 0 Å². The summed E-state index contributed by atoms with van der Waals surface area (Å²) in [5.74, 6) is -1.65. The number of rotatable bonds is 22. The Labute approximate surface area is 406 Å². The maximum absolute atomic E-state index is 13.8. The van der Waals surface area contributed by atoms with Gasteiger partial charge < -0.3 is 40.2 Å². The predicted molar refractivity (Wildman–Crippen MR) is 259 cm³/mol. The summed E-state index contributed by atoms with van der Waals surface area (Å²) in [7, 11) is -18.3. The van der Waals surface area contributed by atoms with Crippen molar-refractivity contribution in [3.8, 4) is 0 Å². The summed E-state index contributed by atoms with van der Waals surface area (Å²) >= 11 is 0. The summed E-state index contributed by atoms with van der Waals surface area (Å²) < 4.78 is 150. The van der Waals surface area contributed by atoms with E-state index < -0.39 is 61.9 Å². The molecule has 4 aromatic rings. The van der Waals surface area contributed by atoms with Crippen LogP contribution in [-0.2, 0) is 59.2 Å². The monoisotopic (exact) mass is 1050 g/mol. The number of ether oxygens (including phenoxy) is 4. The van der Waals surface area contributed by atoms with E-state index in [0.717, 1.165) is 24.3 Å². The summed E-state index contributed by atoms with van der Waals surface area (Å²) in [6.45, 7) is 6.74. The van der Waals surface area contributed by atoms with E-state index in [1.165, 1.54) is 69.3 Å². The third-order valence-electron chi connectivity index (χ3n) is 10.7. The molecule has 0 aliphatic carbocycles. The molecule has 6 rings (SSSR count). The quantitative estimate of drug-likeness (QED) is 0.0371. The largest absolute Gasteiger partial charge is 0.382 e. The van der Waals surface area contributed by atoms with Gasteiger partial charge in [-0.05, 0) is 85.6 Å². The van der Waals surface area contributed by atoms with Gasteiger partial charge in [-0.1, -0.05) is 24.3 Å². The van der Waals surface area contributed by atoms with Crippen molar-refractivity contribution in [1.82, 2.24) is 8.61 Å². The van der Waals surface area contributed by atoms with Crippen molar-refractivity contribution >= 4 is 87.0 Å². The lowest BCUT2D eigenvalue weighted by atomic mass is 10.1. The first kappa shape index (κ1) is 54.0. The van der Waals surface area contributed by atoms with E-state index in [2.05, 4.69) is 21.3 Å². The van der Waals surface area contributed by atoms with E-state index in [1.54, 1.807) is 0 Å². The SMILES string of the molecule is CCOCCNc1ccc(C(=O)Nc2ccc(C=Cc3ccc(NC(=O)c4ccc(NCCOCC)c(S(=O)(=O)N5CCOCC5)c4)cc3S(=O)(=O)O)c(S(=O)(=O)O)c2)cc1S(=O)(=O)N1CCOCC1. The van der Waals surface area contributed by atoms with Gasteiger partial charge in [-0.2, -0.15) is 25.4 Å². The lowest BCUT2D eigenvalue weighted by molar-refractivity contribution is 0.0730. The van der Waals surface area contributed by atoms with Gasteiger partial charge >= 0.3 is 0 Å². The Morgan fingerprint density at radius 3 is 1.27 bits per heavy atom. The molecule has 0 bridgehead atoms. The number of hydrogen-bond acceptors (Lipinski definition) is 16. The van der Waals surface area contributed by atoms with E-state index >= 15 is 0 Å². The van der Waals surface area contributed by atoms with E-state index in [0.29, 0.717) is 13.2 Å². The smallest absolute Gasteiger partial charge is 0.295 e. The molecule has 4 aromatic carbocycles. The highest BCUT2D eigenvalue weighted by Gasteiger charge is 2.31. The number of nitrogens with zero attached hydrogens (tertiary/aromatic N) is 2. The molecule has 6 N–H and O–H groups in total. The molecular formula is C44H54N6O16S4. The molecule has 70 heavy (non-hydrogen) atoms. The van der Waals surface area contributed by atoms with Gasteiger partial charge in [0.05, 0.1) is 51.0 Å². The number of benzene rings is 4. The maximum atomic E-state index is 13.8. The van der Waals surface area contributed by atoms with Crippen LogP contribution >= 0.6 is 0 Å². The zero-order valence-electron chi connectivity index (χ0n) is 38.1. The summed E-state index contributed by atoms with van der Waals surface area (Å²) in [6.07, 6.45) is 2.24. The minimum Gasteiger partial charge on any atom is -0.382 e. The standard InChI is InChI=1S/C44H54N6O16S4/c1-3-63-21-15-45-37-13-9-33(27-41(37)67(53,54)49-17-23-65-24-18-49)43(51)47-35-11-7-31(39(29-35)69(57,58)59)5-6-32-8-12-36(30-40(32)70(60,61)62)48-44(52)34-10-14-38(46-16-22-64-4-2)42(28-34)68(55,56)50-19-25-66-26-20-50/h5-14,27-30,45-46H,3-4,15-26H2,1-2H3,(H,47,51)(H,48,52)(H,57,58,59)(H,60,61,62). The molecule has 0 saturated carbocycles. The predicted octanol–water partition coefficient (Wildman–Crippen LogP) is 3.79. The average molecular weight is 1050 g/mol. The highest BCUT2D eigenvalue weighted by atomic mass is 32.2. The Kier molecular flexibility index (Phi) is 18.3. The number of hydrogen-bond donors (Lipinski definition) is 6. The Bertz CT molecular complexity index is 2830. The molecule has 2 aliphatic heterocycles. The molecule has 0 aromatic heterocycles. The van der Waals surface area contributed by atoms with Gasteiger partial charge in [0.15, 0.2) is 0 Å². The van der Waals surface area contributed by atoms with Crippen LogP contribution in [0, 0.1) is 0 Å². The molecule has 2 aliphatic rings. The normalized spacial score (nSPS) is 15.4. The number of amides is 2. The van der Waals surface area contributed by atoms with Crippen LogP contribution in [0.2, 0.25) is 0 Å². The topological polar surface area (TPSA) is 303 Å². The van der Waals surface area contributed by atoms with E-state index in [9.17, 15) is 52.4 Å². The molecule has 0 radical (unpaired) electrons. The summed E-state index contributed by atoms with van der Waals surface area (Å²) in [4.78, 5) is 25.4. The summed E-state index contributed by atoms with van der Waals surface area (Å²) in [5.41, 5.74) is -0.359. The zero-order valence-corrected chi connectivity index (χ0v) is 41.4. The summed E-state index contributed by atoms with van der Waals surface area (Å²) in [5, 5.41) is 11.1. The van der Waals surface area contributed by atoms with Crippen molar-refractivity contribution in [3.63, 3.8) is 0 Å². The van der Waals surface area contributed by atoms with Crippen LogP contribution in [-0.4, -0.2) is 155 Å². The van der Waals surface area contributed by atoms with E-state index in [4.69, 9.17) is 18.9 Å². The zero-order chi connectivity index (χ0) is 50.7. The molecule has 2 amide bonds. The van der Waals surface area contributed by atoms with Crippen LogP contribution in [0.15, 0.2) is 92.4 Å². The van der Waals surface area contributed by atoms with E-state index in [1.807, 2.05) is 13.8 Å². The third kappa shape index (κ3) is 13.7. The molecular weight excluding hydrogens is 997 g/mol. The minimum atomic E-state index is -5.02. The molecule has 0 spiro atoms.